The van der Waals surface area contributed by atoms with Crippen molar-refractivity contribution in [1.29, 1.82) is 0 Å². The molecule has 1 aliphatic rings. The summed E-state index contributed by atoms with van der Waals surface area (Å²) in [5, 5.41) is 5.87. The molecule has 20 heavy (non-hydrogen) atoms. The minimum absolute atomic E-state index is 0.0467. The number of benzene rings is 1. The Labute approximate surface area is 125 Å². The third-order valence-corrected chi connectivity index (χ3v) is 5.39. The Morgan fingerprint density at radius 1 is 1.20 bits per heavy atom. The lowest BCUT2D eigenvalue weighted by molar-refractivity contribution is 0.108. The van der Waals surface area contributed by atoms with Crippen molar-refractivity contribution in [2.75, 3.05) is 19.6 Å². The Bertz CT molecular complexity index is 537. The molecule has 3 rings (SSSR count). The fraction of sp³-hybridized carbons (Fsp3) is 0.412. The van der Waals surface area contributed by atoms with Crippen molar-refractivity contribution in [2.24, 2.45) is 0 Å². The molecule has 1 fully saturated rings. The van der Waals surface area contributed by atoms with Crippen LogP contribution in [0.5, 0.6) is 0 Å². The van der Waals surface area contributed by atoms with Gasteiger partial charge in [0, 0.05) is 30.6 Å². The molecular formula is C17H22N2S. The Morgan fingerprint density at radius 2 is 2.00 bits per heavy atom. The van der Waals surface area contributed by atoms with Crippen LogP contribution in [0.1, 0.15) is 30.3 Å². The first-order valence-electron chi connectivity index (χ1n) is 7.27. The predicted molar refractivity (Wildman–Crippen MR) is 86.1 cm³/mol. The van der Waals surface area contributed by atoms with Crippen LogP contribution in [0, 0.1) is 0 Å². The van der Waals surface area contributed by atoms with Gasteiger partial charge in [0.15, 0.2) is 0 Å². The number of hydrogen-bond acceptors (Lipinski definition) is 3. The lowest BCUT2D eigenvalue weighted by Crippen LogP contribution is -2.56. The Balaban J connectivity index is 1.80. The molecule has 106 valence electrons. The molecule has 0 amide bonds. The summed E-state index contributed by atoms with van der Waals surface area (Å²) in [6.07, 6.45) is 0. The SMILES string of the molecule is CC(c1cccs1)N1CCNC(C)(c2ccccc2)C1. The smallest absolute Gasteiger partial charge is 0.0535 e. The summed E-state index contributed by atoms with van der Waals surface area (Å²) in [6, 6.07) is 15.7. The zero-order chi connectivity index (χ0) is 14.0. The van der Waals surface area contributed by atoms with Gasteiger partial charge in [0.1, 0.15) is 0 Å². The van der Waals surface area contributed by atoms with E-state index in [-0.39, 0.29) is 5.54 Å². The molecule has 0 bridgehead atoms. The maximum atomic E-state index is 3.70. The molecule has 1 N–H and O–H groups in total. The molecule has 2 unspecified atom stereocenters. The topological polar surface area (TPSA) is 15.3 Å². The monoisotopic (exact) mass is 286 g/mol. The quantitative estimate of drug-likeness (QED) is 0.927. The van der Waals surface area contributed by atoms with Gasteiger partial charge in [-0.15, -0.1) is 11.3 Å². The number of thiophene rings is 1. The first-order valence-corrected chi connectivity index (χ1v) is 8.15. The van der Waals surface area contributed by atoms with Crippen molar-refractivity contribution < 1.29 is 0 Å². The number of rotatable bonds is 3. The number of piperazine rings is 1. The highest BCUT2D eigenvalue weighted by Crippen LogP contribution is 2.31. The number of hydrogen-bond donors (Lipinski definition) is 1. The van der Waals surface area contributed by atoms with Crippen molar-refractivity contribution in [2.45, 2.75) is 25.4 Å². The number of nitrogens with zero attached hydrogens (tertiary/aromatic N) is 1. The normalized spacial score (nSPS) is 25.5. The summed E-state index contributed by atoms with van der Waals surface area (Å²) in [5.74, 6) is 0. The van der Waals surface area contributed by atoms with E-state index in [4.69, 9.17) is 0 Å². The van der Waals surface area contributed by atoms with Crippen molar-refractivity contribution >= 4 is 11.3 Å². The summed E-state index contributed by atoms with van der Waals surface area (Å²) in [6.45, 7) is 7.84. The second-order valence-electron chi connectivity index (χ2n) is 5.79. The predicted octanol–water partition coefficient (Wildman–Crippen LogP) is 3.63. The molecule has 0 radical (unpaired) electrons. The van der Waals surface area contributed by atoms with E-state index in [0.29, 0.717) is 6.04 Å². The van der Waals surface area contributed by atoms with Crippen molar-refractivity contribution in [3.05, 3.63) is 58.3 Å². The molecule has 1 aromatic carbocycles. The third kappa shape index (κ3) is 2.66. The van der Waals surface area contributed by atoms with Crippen LogP contribution in [-0.4, -0.2) is 24.5 Å². The summed E-state index contributed by atoms with van der Waals surface area (Å²) in [7, 11) is 0. The summed E-state index contributed by atoms with van der Waals surface area (Å²) >= 11 is 1.86. The first kappa shape index (κ1) is 13.8. The van der Waals surface area contributed by atoms with Gasteiger partial charge in [-0.1, -0.05) is 36.4 Å². The molecule has 2 atom stereocenters. The molecule has 0 saturated carbocycles. The Hall–Kier alpha value is -1.16. The van der Waals surface area contributed by atoms with Gasteiger partial charge in [-0.3, -0.25) is 4.90 Å². The minimum atomic E-state index is 0.0467. The van der Waals surface area contributed by atoms with Crippen LogP contribution in [0.25, 0.3) is 0 Å². The van der Waals surface area contributed by atoms with Crippen LogP contribution in [0.2, 0.25) is 0 Å². The average Bonchev–Trinajstić information content (AvgIpc) is 3.02. The van der Waals surface area contributed by atoms with E-state index in [9.17, 15) is 0 Å². The lowest BCUT2D eigenvalue weighted by Gasteiger charge is -2.44. The van der Waals surface area contributed by atoms with E-state index in [0.717, 1.165) is 19.6 Å². The van der Waals surface area contributed by atoms with Gasteiger partial charge in [0.05, 0.1) is 5.54 Å². The van der Waals surface area contributed by atoms with Crippen LogP contribution in [-0.2, 0) is 5.54 Å². The van der Waals surface area contributed by atoms with Crippen LogP contribution < -0.4 is 5.32 Å². The molecule has 2 nitrogen and oxygen atoms in total. The highest BCUT2D eigenvalue weighted by Gasteiger charge is 2.34. The molecule has 2 aromatic rings. The minimum Gasteiger partial charge on any atom is -0.305 e. The standard InChI is InChI=1S/C17H22N2S/c1-14(16-9-6-12-20-16)19-11-10-18-17(2,13-19)15-7-4-3-5-8-15/h3-9,12,14,18H,10-11,13H2,1-2H3. The van der Waals surface area contributed by atoms with Crippen molar-refractivity contribution in [3.63, 3.8) is 0 Å². The van der Waals surface area contributed by atoms with Crippen molar-refractivity contribution in [3.8, 4) is 0 Å². The van der Waals surface area contributed by atoms with Crippen molar-refractivity contribution in [1.82, 2.24) is 10.2 Å². The lowest BCUT2D eigenvalue weighted by atomic mass is 9.89. The molecular weight excluding hydrogens is 264 g/mol. The van der Waals surface area contributed by atoms with Gasteiger partial charge >= 0.3 is 0 Å². The van der Waals surface area contributed by atoms with E-state index in [2.05, 4.69) is 71.9 Å². The van der Waals surface area contributed by atoms with Gasteiger partial charge in [-0.2, -0.15) is 0 Å². The molecule has 3 heteroatoms. The maximum Gasteiger partial charge on any atom is 0.0535 e. The Kier molecular flexibility index (Phi) is 3.92. The molecule has 0 aliphatic carbocycles. The molecule has 2 heterocycles. The zero-order valence-corrected chi connectivity index (χ0v) is 13.0. The molecule has 1 aliphatic heterocycles. The van der Waals surface area contributed by atoms with Crippen LogP contribution in [0.4, 0.5) is 0 Å². The summed E-state index contributed by atoms with van der Waals surface area (Å²) in [4.78, 5) is 4.05. The molecule has 1 saturated heterocycles. The highest BCUT2D eigenvalue weighted by atomic mass is 32.1. The highest BCUT2D eigenvalue weighted by molar-refractivity contribution is 7.10. The second kappa shape index (κ2) is 5.68. The van der Waals surface area contributed by atoms with E-state index >= 15 is 0 Å². The van der Waals surface area contributed by atoms with Gasteiger partial charge in [0.2, 0.25) is 0 Å². The average molecular weight is 286 g/mol. The molecule has 0 spiro atoms. The van der Waals surface area contributed by atoms with E-state index < -0.39 is 0 Å². The largest absolute Gasteiger partial charge is 0.305 e. The van der Waals surface area contributed by atoms with Gasteiger partial charge in [-0.25, -0.2) is 0 Å². The second-order valence-corrected chi connectivity index (χ2v) is 6.77. The van der Waals surface area contributed by atoms with Gasteiger partial charge < -0.3 is 5.32 Å². The maximum absolute atomic E-state index is 3.70. The van der Waals surface area contributed by atoms with E-state index in [1.54, 1.807) is 0 Å². The summed E-state index contributed by atoms with van der Waals surface area (Å²) in [5.41, 5.74) is 1.42. The van der Waals surface area contributed by atoms with Crippen LogP contribution in [0.3, 0.4) is 0 Å². The summed E-state index contributed by atoms with van der Waals surface area (Å²) < 4.78 is 0. The van der Waals surface area contributed by atoms with Gasteiger partial charge in [0.25, 0.3) is 0 Å². The number of nitrogens with one attached hydrogen (secondary N) is 1. The van der Waals surface area contributed by atoms with E-state index in [1.165, 1.54) is 10.4 Å². The van der Waals surface area contributed by atoms with Gasteiger partial charge in [-0.05, 0) is 30.9 Å². The molecule has 1 aromatic heterocycles. The fourth-order valence-electron chi connectivity index (χ4n) is 3.06. The van der Waals surface area contributed by atoms with E-state index in [1.807, 2.05) is 11.3 Å². The fourth-order valence-corrected chi connectivity index (χ4v) is 3.87. The third-order valence-electron chi connectivity index (χ3n) is 4.35. The van der Waals surface area contributed by atoms with Crippen LogP contribution in [0.15, 0.2) is 47.8 Å². The zero-order valence-electron chi connectivity index (χ0n) is 12.2. The Morgan fingerprint density at radius 3 is 2.70 bits per heavy atom. The first-order chi connectivity index (χ1) is 9.69. The van der Waals surface area contributed by atoms with Crippen LogP contribution >= 0.6 is 11.3 Å².